The lowest BCUT2D eigenvalue weighted by atomic mass is 10.2. The van der Waals surface area contributed by atoms with Crippen molar-refractivity contribution in [3.63, 3.8) is 0 Å². The summed E-state index contributed by atoms with van der Waals surface area (Å²) in [5, 5.41) is 9.02. The molecule has 0 heterocycles. The van der Waals surface area contributed by atoms with Crippen LogP contribution in [0.2, 0.25) is 0 Å². The van der Waals surface area contributed by atoms with Gasteiger partial charge in [0.15, 0.2) is 5.75 Å². The van der Waals surface area contributed by atoms with Crippen molar-refractivity contribution >= 4 is 22.2 Å². The second kappa shape index (κ2) is 5.80. The molecule has 0 fully saturated rings. The van der Waals surface area contributed by atoms with E-state index in [2.05, 4.69) is 6.58 Å². The third-order valence-electron chi connectivity index (χ3n) is 2.72. The fraction of sp³-hybridized carbons (Fsp3) is 0. The first kappa shape index (κ1) is 14.8. The Hall–Kier alpha value is -2.60. The monoisotopic (exact) mass is 304 g/mol. The van der Waals surface area contributed by atoms with Crippen LogP contribution in [0.3, 0.4) is 0 Å². The number of hydrogen-bond donors (Lipinski definition) is 1. The van der Waals surface area contributed by atoms with Gasteiger partial charge in [0.1, 0.15) is 10.5 Å². The first-order valence-electron chi connectivity index (χ1n) is 5.93. The molecule has 0 radical (unpaired) electrons. The third-order valence-corrected chi connectivity index (χ3v) is 3.97. The molecule has 2 aromatic rings. The number of carboxylic acids is 1. The van der Waals surface area contributed by atoms with Gasteiger partial charge in [-0.05, 0) is 29.8 Å². The van der Waals surface area contributed by atoms with Crippen molar-refractivity contribution in [2.75, 3.05) is 0 Å². The van der Waals surface area contributed by atoms with Gasteiger partial charge in [0, 0.05) is 0 Å². The van der Waals surface area contributed by atoms with Gasteiger partial charge in [0.25, 0.3) is 0 Å². The topological polar surface area (TPSA) is 80.7 Å². The van der Waals surface area contributed by atoms with Gasteiger partial charge in [-0.2, -0.15) is 8.42 Å². The van der Waals surface area contributed by atoms with Crippen LogP contribution < -0.4 is 4.18 Å². The summed E-state index contributed by atoms with van der Waals surface area (Å²) < 4.78 is 29.2. The van der Waals surface area contributed by atoms with Gasteiger partial charge in [-0.25, -0.2) is 4.79 Å². The summed E-state index contributed by atoms with van der Waals surface area (Å²) >= 11 is 0. The Morgan fingerprint density at radius 2 is 1.71 bits per heavy atom. The molecule has 0 aromatic heterocycles. The van der Waals surface area contributed by atoms with Gasteiger partial charge in [0.2, 0.25) is 0 Å². The maximum absolute atomic E-state index is 12.1. The summed E-state index contributed by atoms with van der Waals surface area (Å²) in [6.07, 6.45) is 1.58. The quantitative estimate of drug-likeness (QED) is 0.859. The number of carbonyl (C=O) groups is 1. The van der Waals surface area contributed by atoms with Crippen molar-refractivity contribution in [2.24, 2.45) is 0 Å². The maximum atomic E-state index is 12.1. The molecule has 6 heteroatoms. The molecular weight excluding hydrogens is 292 g/mol. The summed E-state index contributed by atoms with van der Waals surface area (Å²) in [6.45, 7) is 3.58. The van der Waals surface area contributed by atoms with E-state index >= 15 is 0 Å². The van der Waals surface area contributed by atoms with E-state index in [1.807, 2.05) is 0 Å². The molecule has 0 aliphatic carbocycles. The van der Waals surface area contributed by atoms with Gasteiger partial charge < -0.3 is 9.29 Å². The minimum absolute atomic E-state index is 0.0618. The normalized spacial score (nSPS) is 10.9. The molecule has 0 aliphatic heterocycles. The molecule has 21 heavy (non-hydrogen) atoms. The van der Waals surface area contributed by atoms with Gasteiger partial charge in [0.05, 0.1) is 0 Å². The predicted molar refractivity (Wildman–Crippen MR) is 77.7 cm³/mol. The van der Waals surface area contributed by atoms with E-state index in [1.165, 1.54) is 36.4 Å². The van der Waals surface area contributed by atoms with E-state index in [0.717, 1.165) is 5.56 Å². The fourth-order valence-electron chi connectivity index (χ4n) is 1.65. The second-order valence-corrected chi connectivity index (χ2v) is 5.66. The molecule has 2 aromatic carbocycles. The zero-order chi connectivity index (χ0) is 15.5. The van der Waals surface area contributed by atoms with Crippen LogP contribution in [-0.4, -0.2) is 19.5 Å². The van der Waals surface area contributed by atoms with Crippen molar-refractivity contribution in [1.29, 1.82) is 0 Å². The smallest absolute Gasteiger partial charge is 0.339 e. The van der Waals surface area contributed by atoms with Crippen LogP contribution in [0.5, 0.6) is 5.75 Å². The molecule has 0 atom stereocenters. The van der Waals surface area contributed by atoms with Crippen LogP contribution in [-0.2, 0) is 10.1 Å². The Morgan fingerprint density at radius 1 is 1.10 bits per heavy atom. The lowest BCUT2D eigenvalue weighted by molar-refractivity contribution is 0.0695. The minimum atomic E-state index is -4.09. The molecule has 0 saturated carbocycles. The first-order valence-corrected chi connectivity index (χ1v) is 7.34. The maximum Gasteiger partial charge on any atom is 0.339 e. The highest BCUT2D eigenvalue weighted by molar-refractivity contribution is 7.87. The van der Waals surface area contributed by atoms with Crippen LogP contribution in [0.25, 0.3) is 6.08 Å². The molecule has 5 nitrogen and oxygen atoms in total. The van der Waals surface area contributed by atoms with E-state index in [1.54, 1.807) is 18.2 Å². The SMILES string of the molecule is C=Cc1ccc(S(=O)(=O)Oc2ccccc2C(=O)O)cc1. The molecule has 2 rings (SSSR count). The van der Waals surface area contributed by atoms with Crippen LogP contribution in [0.1, 0.15) is 15.9 Å². The lowest BCUT2D eigenvalue weighted by Gasteiger charge is -2.09. The summed E-state index contributed by atoms with van der Waals surface area (Å²) in [7, 11) is -4.09. The van der Waals surface area contributed by atoms with E-state index < -0.39 is 16.1 Å². The Kier molecular flexibility index (Phi) is 4.09. The number of aromatic carboxylic acids is 1. The van der Waals surface area contributed by atoms with E-state index in [9.17, 15) is 13.2 Å². The highest BCUT2D eigenvalue weighted by atomic mass is 32.2. The van der Waals surface area contributed by atoms with Gasteiger partial charge >= 0.3 is 16.1 Å². The Bertz CT molecular complexity index is 776. The number of hydrogen-bond acceptors (Lipinski definition) is 4. The first-order chi connectivity index (χ1) is 9.94. The molecule has 108 valence electrons. The number of rotatable bonds is 5. The second-order valence-electron chi connectivity index (χ2n) is 4.11. The molecule has 0 spiro atoms. The van der Waals surface area contributed by atoms with Crippen molar-refractivity contribution in [1.82, 2.24) is 0 Å². The van der Waals surface area contributed by atoms with Crippen molar-refractivity contribution in [3.05, 3.63) is 66.2 Å². The average molecular weight is 304 g/mol. The van der Waals surface area contributed by atoms with Crippen LogP contribution >= 0.6 is 0 Å². The molecule has 0 bridgehead atoms. The summed E-state index contributed by atoms with van der Waals surface area (Å²) in [6, 6.07) is 11.4. The Balaban J connectivity index is 2.37. The van der Waals surface area contributed by atoms with Crippen molar-refractivity contribution in [3.8, 4) is 5.75 Å². The number of benzene rings is 2. The minimum Gasteiger partial charge on any atom is -0.478 e. The number of carboxylic acid groups (broad SMARTS) is 1. The van der Waals surface area contributed by atoms with Crippen LogP contribution in [0.4, 0.5) is 0 Å². The lowest BCUT2D eigenvalue weighted by Crippen LogP contribution is -2.12. The molecule has 0 saturated heterocycles. The highest BCUT2D eigenvalue weighted by Crippen LogP contribution is 2.23. The number of para-hydroxylation sites is 1. The van der Waals surface area contributed by atoms with E-state index in [4.69, 9.17) is 9.29 Å². The average Bonchev–Trinajstić information content (AvgIpc) is 2.47. The highest BCUT2D eigenvalue weighted by Gasteiger charge is 2.20. The largest absolute Gasteiger partial charge is 0.478 e. The van der Waals surface area contributed by atoms with Crippen LogP contribution in [0.15, 0.2) is 60.0 Å². The Labute approximate surface area is 122 Å². The van der Waals surface area contributed by atoms with Crippen molar-refractivity contribution in [2.45, 2.75) is 4.90 Å². The Morgan fingerprint density at radius 3 is 2.29 bits per heavy atom. The standard InChI is InChI=1S/C15H12O5S/c1-2-11-7-9-12(10-8-11)21(18,19)20-14-6-4-3-5-13(14)15(16)17/h2-10H,1H2,(H,16,17). The van der Waals surface area contributed by atoms with E-state index in [0.29, 0.717) is 0 Å². The summed E-state index contributed by atoms with van der Waals surface area (Å²) in [5.74, 6) is -1.49. The zero-order valence-electron chi connectivity index (χ0n) is 10.9. The van der Waals surface area contributed by atoms with Crippen molar-refractivity contribution < 1.29 is 22.5 Å². The zero-order valence-corrected chi connectivity index (χ0v) is 11.7. The third kappa shape index (κ3) is 3.29. The van der Waals surface area contributed by atoms with Crippen LogP contribution in [0, 0.1) is 0 Å². The molecule has 0 aliphatic rings. The molecular formula is C15H12O5S. The molecule has 0 amide bonds. The van der Waals surface area contributed by atoms with Gasteiger partial charge in [-0.3, -0.25) is 0 Å². The molecule has 1 N–H and O–H groups in total. The van der Waals surface area contributed by atoms with E-state index in [-0.39, 0.29) is 16.2 Å². The van der Waals surface area contributed by atoms with Gasteiger partial charge in [-0.15, -0.1) is 0 Å². The fourth-order valence-corrected chi connectivity index (χ4v) is 2.60. The predicted octanol–water partition coefficient (Wildman–Crippen LogP) is 2.80. The summed E-state index contributed by atoms with van der Waals surface area (Å²) in [4.78, 5) is 11.0. The molecule has 0 unspecified atom stereocenters. The van der Waals surface area contributed by atoms with Gasteiger partial charge in [-0.1, -0.05) is 36.9 Å². The summed E-state index contributed by atoms with van der Waals surface area (Å²) in [5.41, 5.74) is 0.545.